The number of aromatic nitrogens is 1. The van der Waals surface area contributed by atoms with E-state index in [4.69, 9.17) is 9.72 Å². The van der Waals surface area contributed by atoms with E-state index in [0.29, 0.717) is 6.54 Å². The number of nitrogens with zero attached hydrogens (tertiary/aromatic N) is 3. The van der Waals surface area contributed by atoms with Crippen LogP contribution in [-0.2, 0) is 16.0 Å². The van der Waals surface area contributed by atoms with Crippen LogP contribution >= 0.6 is 11.3 Å². The molecule has 0 saturated carbocycles. The van der Waals surface area contributed by atoms with Crippen molar-refractivity contribution in [1.82, 2.24) is 9.88 Å². The van der Waals surface area contributed by atoms with Crippen LogP contribution in [0, 0.1) is 5.41 Å². The van der Waals surface area contributed by atoms with E-state index in [0.717, 1.165) is 62.9 Å². The monoisotopic (exact) mass is 411 g/mol. The second-order valence-corrected chi connectivity index (χ2v) is 9.47. The molecule has 6 heteroatoms. The smallest absolute Gasteiger partial charge is 0.167 e. The predicted molar refractivity (Wildman–Crippen MR) is 118 cm³/mol. The van der Waals surface area contributed by atoms with Crippen LogP contribution in [0.25, 0.3) is 6.08 Å². The Morgan fingerprint density at radius 2 is 2.03 bits per heavy atom. The standard InChI is InChI=1S/C23H29N3O2S/c1-23(2)17-25(9-8-20-6-4-14-29-20)16-18(22(23)27)15-19-5-3-7-21(24-19)26-10-12-28-13-11-26/h3-7,14-15H,8-13,16-17H2,1-2H3. The van der Waals surface area contributed by atoms with Crippen LogP contribution in [0.4, 0.5) is 5.82 Å². The molecule has 2 aliphatic rings. The van der Waals surface area contributed by atoms with Gasteiger partial charge in [-0.05, 0) is 36.1 Å². The number of ether oxygens (including phenoxy) is 1. The van der Waals surface area contributed by atoms with Gasteiger partial charge in [0.15, 0.2) is 5.78 Å². The van der Waals surface area contributed by atoms with Gasteiger partial charge in [0.25, 0.3) is 0 Å². The van der Waals surface area contributed by atoms with E-state index in [1.54, 1.807) is 11.3 Å². The third-order valence-corrected chi connectivity index (χ3v) is 6.52. The molecule has 0 amide bonds. The van der Waals surface area contributed by atoms with E-state index in [1.807, 2.05) is 24.3 Å². The van der Waals surface area contributed by atoms with Crippen molar-refractivity contribution in [3.05, 3.63) is 51.9 Å². The number of likely N-dealkylation sites (tertiary alicyclic amines) is 1. The largest absolute Gasteiger partial charge is 0.378 e. The maximum Gasteiger partial charge on any atom is 0.167 e. The quantitative estimate of drug-likeness (QED) is 0.705. The van der Waals surface area contributed by atoms with Crippen LogP contribution in [-0.4, -0.2) is 61.6 Å². The number of piperidine rings is 1. The molecule has 2 aliphatic heterocycles. The van der Waals surface area contributed by atoms with Crippen LogP contribution in [0.2, 0.25) is 0 Å². The first-order valence-corrected chi connectivity index (χ1v) is 11.2. The highest BCUT2D eigenvalue weighted by Gasteiger charge is 2.37. The van der Waals surface area contributed by atoms with Gasteiger partial charge in [-0.1, -0.05) is 26.0 Å². The van der Waals surface area contributed by atoms with Gasteiger partial charge < -0.3 is 9.64 Å². The maximum absolute atomic E-state index is 13.1. The minimum Gasteiger partial charge on any atom is -0.378 e. The summed E-state index contributed by atoms with van der Waals surface area (Å²) in [4.78, 5) is 23.9. The number of carbonyl (C=O) groups excluding carboxylic acids is 1. The average Bonchev–Trinajstić information content (AvgIpc) is 3.24. The minimum atomic E-state index is -0.374. The van der Waals surface area contributed by atoms with Crippen LogP contribution < -0.4 is 4.90 Å². The number of carbonyl (C=O) groups is 1. The van der Waals surface area contributed by atoms with E-state index in [9.17, 15) is 4.79 Å². The summed E-state index contributed by atoms with van der Waals surface area (Å²) in [5.41, 5.74) is 1.34. The summed E-state index contributed by atoms with van der Waals surface area (Å²) in [6, 6.07) is 10.3. The van der Waals surface area contributed by atoms with Crippen LogP contribution in [0.5, 0.6) is 0 Å². The number of thiophene rings is 1. The molecule has 0 N–H and O–H groups in total. The van der Waals surface area contributed by atoms with Crippen molar-refractivity contribution in [1.29, 1.82) is 0 Å². The SMILES string of the molecule is CC1(C)CN(CCc2cccs2)CC(=Cc2cccc(N3CCOCC3)n2)C1=O. The highest BCUT2D eigenvalue weighted by atomic mass is 32.1. The van der Waals surface area contributed by atoms with Crippen molar-refractivity contribution in [3.8, 4) is 0 Å². The zero-order valence-electron chi connectivity index (χ0n) is 17.3. The van der Waals surface area contributed by atoms with Crippen molar-refractivity contribution in [2.24, 2.45) is 5.41 Å². The Labute approximate surface area is 177 Å². The Balaban J connectivity index is 1.51. The lowest BCUT2D eigenvalue weighted by Gasteiger charge is -2.38. The summed E-state index contributed by atoms with van der Waals surface area (Å²) in [7, 11) is 0. The van der Waals surface area contributed by atoms with E-state index in [2.05, 4.69) is 41.2 Å². The lowest BCUT2D eigenvalue weighted by Crippen LogP contribution is -2.48. The number of hydrogen-bond acceptors (Lipinski definition) is 6. The highest BCUT2D eigenvalue weighted by molar-refractivity contribution is 7.09. The summed E-state index contributed by atoms with van der Waals surface area (Å²) in [5, 5.41) is 2.12. The van der Waals surface area contributed by atoms with E-state index in [-0.39, 0.29) is 11.2 Å². The molecule has 0 bridgehead atoms. The molecule has 2 fully saturated rings. The molecule has 0 aromatic carbocycles. The van der Waals surface area contributed by atoms with Gasteiger partial charge in [0.05, 0.1) is 18.9 Å². The molecule has 2 aromatic rings. The number of anilines is 1. The van der Waals surface area contributed by atoms with Crippen molar-refractivity contribution < 1.29 is 9.53 Å². The lowest BCUT2D eigenvalue weighted by molar-refractivity contribution is -0.126. The number of hydrogen-bond donors (Lipinski definition) is 0. The van der Waals surface area contributed by atoms with Crippen molar-refractivity contribution in [2.75, 3.05) is 50.8 Å². The molecule has 2 saturated heterocycles. The molecule has 2 aromatic heterocycles. The molecule has 0 atom stereocenters. The van der Waals surface area contributed by atoms with Crippen LogP contribution in [0.3, 0.4) is 0 Å². The summed E-state index contributed by atoms with van der Waals surface area (Å²) in [6.45, 7) is 9.75. The zero-order chi connectivity index (χ0) is 20.3. The molecular formula is C23H29N3O2S. The number of morpholine rings is 1. The molecule has 0 aliphatic carbocycles. The second-order valence-electron chi connectivity index (χ2n) is 8.44. The Hall–Kier alpha value is -2.02. The van der Waals surface area contributed by atoms with Gasteiger partial charge >= 0.3 is 0 Å². The van der Waals surface area contributed by atoms with Crippen molar-refractivity contribution >= 4 is 29.0 Å². The summed E-state index contributed by atoms with van der Waals surface area (Å²) in [5.74, 6) is 1.20. The lowest BCUT2D eigenvalue weighted by atomic mass is 9.79. The molecule has 5 nitrogen and oxygen atoms in total. The summed E-state index contributed by atoms with van der Waals surface area (Å²) < 4.78 is 5.44. The Morgan fingerprint density at radius 3 is 2.79 bits per heavy atom. The van der Waals surface area contributed by atoms with Gasteiger partial charge in [-0.3, -0.25) is 9.69 Å². The van der Waals surface area contributed by atoms with Gasteiger partial charge in [0, 0.05) is 48.6 Å². The van der Waals surface area contributed by atoms with Gasteiger partial charge in [0.2, 0.25) is 0 Å². The second kappa shape index (κ2) is 8.78. The minimum absolute atomic E-state index is 0.239. The fraction of sp³-hybridized carbons (Fsp3) is 0.478. The van der Waals surface area contributed by atoms with Crippen LogP contribution in [0.15, 0.2) is 41.3 Å². The number of Topliss-reactive ketones (excluding diaryl/α,β-unsaturated/α-hetero) is 1. The normalized spacial score (nSPS) is 21.7. The first kappa shape index (κ1) is 20.3. The molecule has 0 unspecified atom stereocenters. The Bertz CT molecular complexity index is 870. The van der Waals surface area contributed by atoms with Gasteiger partial charge in [-0.2, -0.15) is 0 Å². The fourth-order valence-corrected chi connectivity index (χ4v) is 4.79. The third kappa shape index (κ3) is 4.94. The molecule has 4 heterocycles. The topological polar surface area (TPSA) is 45.7 Å². The predicted octanol–water partition coefficient (Wildman–Crippen LogP) is 3.52. The first-order valence-electron chi connectivity index (χ1n) is 10.3. The zero-order valence-corrected chi connectivity index (χ0v) is 18.1. The van der Waals surface area contributed by atoms with E-state index in [1.165, 1.54) is 4.88 Å². The summed E-state index contributed by atoms with van der Waals surface area (Å²) >= 11 is 1.80. The molecule has 0 radical (unpaired) electrons. The first-order chi connectivity index (χ1) is 14.0. The number of pyridine rings is 1. The third-order valence-electron chi connectivity index (χ3n) is 5.59. The maximum atomic E-state index is 13.1. The van der Waals surface area contributed by atoms with E-state index < -0.39 is 0 Å². The molecular weight excluding hydrogens is 382 g/mol. The average molecular weight is 412 g/mol. The van der Waals surface area contributed by atoms with Gasteiger partial charge in [-0.25, -0.2) is 4.98 Å². The highest BCUT2D eigenvalue weighted by Crippen LogP contribution is 2.30. The number of rotatable bonds is 5. The summed E-state index contributed by atoms with van der Waals surface area (Å²) in [6.07, 6.45) is 3.02. The number of ketones is 1. The molecule has 154 valence electrons. The Morgan fingerprint density at radius 1 is 1.21 bits per heavy atom. The van der Waals surface area contributed by atoms with Crippen molar-refractivity contribution in [2.45, 2.75) is 20.3 Å². The van der Waals surface area contributed by atoms with E-state index >= 15 is 0 Å². The van der Waals surface area contributed by atoms with Crippen LogP contribution in [0.1, 0.15) is 24.4 Å². The fourth-order valence-electron chi connectivity index (χ4n) is 4.09. The van der Waals surface area contributed by atoms with Gasteiger partial charge in [-0.15, -0.1) is 11.3 Å². The molecule has 4 rings (SSSR count). The van der Waals surface area contributed by atoms with Crippen molar-refractivity contribution in [3.63, 3.8) is 0 Å². The van der Waals surface area contributed by atoms with Gasteiger partial charge in [0.1, 0.15) is 5.82 Å². The molecule has 29 heavy (non-hydrogen) atoms. The molecule has 0 spiro atoms. The Kier molecular flexibility index (Phi) is 6.13.